The molecular weight excluding hydrogens is 292 g/mol. The van der Waals surface area contributed by atoms with Crippen LogP contribution in [0.3, 0.4) is 0 Å². The highest BCUT2D eigenvalue weighted by atomic mass is 79.9. The number of hydrogen-bond acceptors (Lipinski definition) is 2. The summed E-state index contributed by atoms with van der Waals surface area (Å²) in [5.74, 6) is 1.54. The Bertz CT molecular complexity index is 397. The summed E-state index contributed by atoms with van der Waals surface area (Å²) in [6.45, 7) is 9.47. The molecule has 0 aliphatic carbocycles. The first kappa shape index (κ1) is 15.2. The average Bonchev–Trinajstić information content (AvgIpc) is 2.28. The van der Waals surface area contributed by atoms with Gasteiger partial charge in [0.1, 0.15) is 4.60 Å². The maximum absolute atomic E-state index is 12.0. The molecule has 0 radical (unpaired) electrons. The van der Waals surface area contributed by atoms with E-state index in [4.69, 9.17) is 0 Å². The van der Waals surface area contributed by atoms with Gasteiger partial charge in [-0.15, -0.1) is 0 Å². The topological polar surface area (TPSA) is 42.0 Å². The van der Waals surface area contributed by atoms with Crippen molar-refractivity contribution in [2.75, 3.05) is 6.54 Å². The van der Waals surface area contributed by atoms with Crippen LogP contribution in [0.4, 0.5) is 0 Å². The Kier molecular flexibility index (Phi) is 5.79. The largest absolute Gasteiger partial charge is 0.352 e. The fourth-order valence-electron chi connectivity index (χ4n) is 2.10. The summed E-state index contributed by atoms with van der Waals surface area (Å²) in [5, 5.41) is 2.99. The summed E-state index contributed by atoms with van der Waals surface area (Å²) in [7, 11) is 0. The number of aromatic nitrogens is 1. The van der Waals surface area contributed by atoms with E-state index in [-0.39, 0.29) is 5.91 Å². The first-order valence-corrected chi connectivity index (χ1v) is 7.11. The Morgan fingerprint density at radius 2 is 1.94 bits per heavy atom. The SMILES string of the molecule is CC(C)C(CNC(=O)c1cccnc1Br)C(C)C. The number of nitrogens with zero attached hydrogens (tertiary/aromatic N) is 1. The summed E-state index contributed by atoms with van der Waals surface area (Å²) >= 11 is 3.29. The van der Waals surface area contributed by atoms with Gasteiger partial charge in [0.15, 0.2) is 0 Å². The Labute approximate surface area is 118 Å². The third kappa shape index (κ3) is 4.09. The third-order valence-electron chi connectivity index (χ3n) is 3.21. The summed E-state index contributed by atoms with van der Waals surface area (Å²) in [6, 6.07) is 3.54. The average molecular weight is 313 g/mol. The van der Waals surface area contributed by atoms with Crippen molar-refractivity contribution in [3.8, 4) is 0 Å². The van der Waals surface area contributed by atoms with E-state index in [2.05, 4.69) is 53.9 Å². The van der Waals surface area contributed by atoms with Crippen LogP contribution >= 0.6 is 15.9 Å². The van der Waals surface area contributed by atoms with Gasteiger partial charge in [0.25, 0.3) is 5.91 Å². The number of rotatable bonds is 5. The molecule has 1 amide bonds. The first-order valence-electron chi connectivity index (χ1n) is 6.32. The number of pyridine rings is 1. The number of amides is 1. The van der Waals surface area contributed by atoms with E-state index in [1.807, 2.05) is 0 Å². The second kappa shape index (κ2) is 6.88. The molecule has 3 nitrogen and oxygen atoms in total. The van der Waals surface area contributed by atoms with Gasteiger partial charge in [-0.05, 0) is 45.8 Å². The van der Waals surface area contributed by atoms with Crippen LogP contribution in [-0.4, -0.2) is 17.4 Å². The highest BCUT2D eigenvalue weighted by Gasteiger charge is 2.19. The number of nitrogens with one attached hydrogen (secondary N) is 1. The van der Waals surface area contributed by atoms with Crippen molar-refractivity contribution >= 4 is 21.8 Å². The Hall–Kier alpha value is -0.900. The molecule has 0 aromatic carbocycles. The monoisotopic (exact) mass is 312 g/mol. The van der Waals surface area contributed by atoms with Gasteiger partial charge in [0.05, 0.1) is 5.56 Å². The molecule has 0 bridgehead atoms. The molecule has 0 unspecified atom stereocenters. The van der Waals surface area contributed by atoms with E-state index >= 15 is 0 Å². The molecule has 1 aromatic heterocycles. The van der Waals surface area contributed by atoms with Crippen molar-refractivity contribution in [1.82, 2.24) is 10.3 Å². The van der Waals surface area contributed by atoms with E-state index in [1.54, 1.807) is 18.3 Å². The molecule has 1 N–H and O–H groups in total. The van der Waals surface area contributed by atoms with Crippen LogP contribution in [0, 0.1) is 17.8 Å². The summed E-state index contributed by atoms with van der Waals surface area (Å²) in [5.41, 5.74) is 0.587. The second-order valence-electron chi connectivity index (χ2n) is 5.20. The van der Waals surface area contributed by atoms with E-state index in [0.29, 0.717) is 34.5 Å². The van der Waals surface area contributed by atoms with Crippen LogP contribution in [0.1, 0.15) is 38.1 Å². The normalized spacial score (nSPS) is 11.3. The maximum atomic E-state index is 12.0. The maximum Gasteiger partial charge on any atom is 0.254 e. The fraction of sp³-hybridized carbons (Fsp3) is 0.571. The standard InChI is InChI=1S/C14H21BrN2O/c1-9(2)12(10(3)4)8-17-14(18)11-6-5-7-16-13(11)15/h5-7,9-10,12H,8H2,1-4H3,(H,17,18). The van der Waals surface area contributed by atoms with Gasteiger partial charge in [-0.3, -0.25) is 4.79 Å². The van der Waals surface area contributed by atoms with Crippen LogP contribution in [0.15, 0.2) is 22.9 Å². The molecular formula is C14H21BrN2O. The lowest BCUT2D eigenvalue weighted by molar-refractivity contribution is 0.0936. The highest BCUT2D eigenvalue weighted by molar-refractivity contribution is 9.10. The van der Waals surface area contributed by atoms with Crippen molar-refractivity contribution in [2.24, 2.45) is 17.8 Å². The lowest BCUT2D eigenvalue weighted by atomic mass is 9.85. The number of hydrogen-bond donors (Lipinski definition) is 1. The number of halogens is 1. The highest BCUT2D eigenvalue weighted by Crippen LogP contribution is 2.20. The van der Waals surface area contributed by atoms with Gasteiger partial charge in [-0.25, -0.2) is 4.98 Å². The van der Waals surface area contributed by atoms with Crippen LogP contribution in [-0.2, 0) is 0 Å². The quantitative estimate of drug-likeness (QED) is 0.845. The van der Waals surface area contributed by atoms with Gasteiger partial charge in [-0.1, -0.05) is 27.7 Å². The molecule has 0 saturated carbocycles. The van der Waals surface area contributed by atoms with Gasteiger partial charge in [-0.2, -0.15) is 0 Å². The predicted molar refractivity (Wildman–Crippen MR) is 77.4 cm³/mol. The van der Waals surface area contributed by atoms with Crippen molar-refractivity contribution in [3.05, 3.63) is 28.5 Å². The zero-order valence-corrected chi connectivity index (χ0v) is 13.0. The summed E-state index contributed by atoms with van der Waals surface area (Å²) < 4.78 is 0.591. The lowest BCUT2D eigenvalue weighted by Crippen LogP contribution is -2.34. The van der Waals surface area contributed by atoms with Crippen LogP contribution in [0.25, 0.3) is 0 Å². The number of carbonyl (C=O) groups excluding carboxylic acids is 1. The smallest absolute Gasteiger partial charge is 0.254 e. The molecule has 100 valence electrons. The van der Waals surface area contributed by atoms with Gasteiger partial charge < -0.3 is 5.32 Å². The Balaban J connectivity index is 2.64. The van der Waals surface area contributed by atoms with E-state index in [1.165, 1.54) is 0 Å². The van der Waals surface area contributed by atoms with Crippen LogP contribution < -0.4 is 5.32 Å². The molecule has 0 saturated heterocycles. The minimum absolute atomic E-state index is 0.0683. The third-order valence-corrected chi connectivity index (χ3v) is 3.85. The van der Waals surface area contributed by atoms with Crippen molar-refractivity contribution in [3.63, 3.8) is 0 Å². The lowest BCUT2D eigenvalue weighted by Gasteiger charge is -2.25. The minimum atomic E-state index is -0.0683. The van der Waals surface area contributed by atoms with Crippen molar-refractivity contribution in [2.45, 2.75) is 27.7 Å². The summed E-state index contributed by atoms with van der Waals surface area (Å²) in [4.78, 5) is 16.1. The summed E-state index contributed by atoms with van der Waals surface area (Å²) in [6.07, 6.45) is 1.66. The molecule has 1 rings (SSSR count). The zero-order chi connectivity index (χ0) is 13.7. The second-order valence-corrected chi connectivity index (χ2v) is 5.95. The van der Waals surface area contributed by atoms with Gasteiger partial charge in [0.2, 0.25) is 0 Å². The predicted octanol–water partition coefficient (Wildman–Crippen LogP) is 3.50. The zero-order valence-electron chi connectivity index (χ0n) is 11.4. The fourth-order valence-corrected chi connectivity index (χ4v) is 2.53. The molecule has 0 aliphatic rings. The Morgan fingerprint density at radius 3 is 2.44 bits per heavy atom. The molecule has 18 heavy (non-hydrogen) atoms. The van der Waals surface area contributed by atoms with Crippen molar-refractivity contribution in [1.29, 1.82) is 0 Å². The van der Waals surface area contributed by atoms with Crippen molar-refractivity contribution < 1.29 is 4.79 Å². The van der Waals surface area contributed by atoms with Gasteiger partial charge >= 0.3 is 0 Å². The van der Waals surface area contributed by atoms with Crippen LogP contribution in [0.2, 0.25) is 0 Å². The van der Waals surface area contributed by atoms with Crippen LogP contribution in [0.5, 0.6) is 0 Å². The Morgan fingerprint density at radius 1 is 1.33 bits per heavy atom. The minimum Gasteiger partial charge on any atom is -0.352 e. The molecule has 0 aliphatic heterocycles. The molecule has 0 fully saturated rings. The molecule has 0 atom stereocenters. The van der Waals surface area contributed by atoms with Gasteiger partial charge in [0, 0.05) is 12.7 Å². The number of carbonyl (C=O) groups is 1. The van der Waals surface area contributed by atoms with E-state index in [9.17, 15) is 4.79 Å². The van der Waals surface area contributed by atoms with E-state index < -0.39 is 0 Å². The van der Waals surface area contributed by atoms with E-state index in [0.717, 1.165) is 0 Å². The molecule has 4 heteroatoms. The molecule has 0 spiro atoms. The molecule has 1 heterocycles. The molecule has 1 aromatic rings. The first-order chi connectivity index (χ1) is 8.43.